The van der Waals surface area contributed by atoms with Gasteiger partial charge in [-0.05, 0) is 27.4 Å². The molecule has 1 aliphatic rings. The molecule has 4 nitrogen and oxygen atoms in total. The van der Waals surface area contributed by atoms with Crippen molar-refractivity contribution in [1.82, 2.24) is 4.90 Å². The normalized spacial score (nSPS) is 21.1. The maximum absolute atomic E-state index is 12.2. The predicted molar refractivity (Wildman–Crippen MR) is 66.7 cm³/mol. The summed E-state index contributed by atoms with van der Waals surface area (Å²) in [5.41, 5.74) is 5.54. The third-order valence-corrected chi connectivity index (χ3v) is 4.33. The average Bonchev–Trinajstić information content (AvgIpc) is 2.74. The van der Waals surface area contributed by atoms with Crippen LogP contribution in [0.5, 0.6) is 0 Å². The van der Waals surface area contributed by atoms with E-state index in [2.05, 4.69) is 15.9 Å². The minimum absolute atomic E-state index is 0.0311. The lowest BCUT2D eigenvalue weighted by molar-refractivity contribution is -0.0166. The standard InChI is InChI=1S/C10H13BrN2O2S/c11-8-1-4-16-9(8)10(14)13-2-3-15-7(5-12)6-13/h1,4,7H,2-3,5-6,12H2. The van der Waals surface area contributed by atoms with Crippen molar-refractivity contribution >= 4 is 33.2 Å². The van der Waals surface area contributed by atoms with Crippen LogP contribution in [0, 0.1) is 0 Å². The largest absolute Gasteiger partial charge is 0.373 e. The molecule has 0 radical (unpaired) electrons. The van der Waals surface area contributed by atoms with Gasteiger partial charge in [0.25, 0.3) is 5.91 Å². The molecule has 2 N–H and O–H groups in total. The van der Waals surface area contributed by atoms with Crippen molar-refractivity contribution in [1.29, 1.82) is 0 Å². The topological polar surface area (TPSA) is 55.6 Å². The van der Waals surface area contributed by atoms with E-state index >= 15 is 0 Å². The first-order chi connectivity index (χ1) is 7.72. The summed E-state index contributed by atoms with van der Waals surface area (Å²) >= 11 is 4.82. The van der Waals surface area contributed by atoms with Gasteiger partial charge in [-0.3, -0.25) is 4.79 Å². The van der Waals surface area contributed by atoms with Gasteiger partial charge in [0.15, 0.2) is 0 Å². The number of carbonyl (C=O) groups excluding carboxylic acids is 1. The average molecular weight is 305 g/mol. The zero-order valence-corrected chi connectivity index (χ0v) is 11.1. The van der Waals surface area contributed by atoms with Crippen molar-refractivity contribution < 1.29 is 9.53 Å². The van der Waals surface area contributed by atoms with E-state index in [-0.39, 0.29) is 12.0 Å². The van der Waals surface area contributed by atoms with E-state index < -0.39 is 0 Å². The lowest BCUT2D eigenvalue weighted by Crippen LogP contribution is -2.48. The number of thiophene rings is 1. The molecule has 6 heteroatoms. The van der Waals surface area contributed by atoms with Gasteiger partial charge in [0.2, 0.25) is 0 Å². The summed E-state index contributed by atoms with van der Waals surface area (Å²) in [5, 5.41) is 1.90. The van der Waals surface area contributed by atoms with Crippen LogP contribution in [-0.4, -0.2) is 43.2 Å². The molecule has 0 bridgehead atoms. The molecule has 2 heterocycles. The lowest BCUT2D eigenvalue weighted by atomic mass is 10.2. The number of nitrogens with two attached hydrogens (primary N) is 1. The molecule has 0 aliphatic carbocycles. The van der Waals surface area contributed by atoms with Crippen molar-refractivity contribution in [3.63, 3.8) is 0 Å². The second-order valence-electron chi connectivity index (χ2n) is 3.58. The zero-order valence-electron chi connectivity index (χ0n) is 8.69. The summed E-state index contributed by atoms with van der Waals surface area (Å²) in [6.45, 7) is 2.24. The van der Waals surface area contributed by atoms with Crippen LogP contribution in [0.15, 0.2) is 15.9 Å². The quantitative estimate of drug-likeness (QED) is 0.896. The fraction of sp³-hybridized carbons (Fsp3) is 0.500. The van der Waals surface area contributed by atoms with Gasteiger partial charge in [-0.1, -0.05) is 0 Å². The van der Waals surface area contributed by atoms with Crippen molar-refractivity contribution in [2.75, 3.05) is 26.2 Å². The molecule has 1 aliphatic heterocycles. The highest BCUT2D eigenvalue weighted by molar-refractivity contribution is 9.10. The molecule has 1 aromatic rings. The van der Waals surface area contributed by atoms with E-state index in [0.29, 0.717) is 26.2 Å². The smallest absolute Gasteiger partial charge is 0.265 e. The summed E-state index contributed by atoms with van der Waals surface area (Å²) in [6.07, 6.45) is -0.0311. The molecule has 1 amide bonds. The number of ether oxygens (including phenoxy) is 1. The Balaban J connectivity index is 2.07. The van der Waals surface area contributed by atoms with Gasteiger partial charge in [-0.25, -0.2) is 0 Å². The fourth-order valence-electron chi connectivity index (χ4n) is 1.64. The Hall–Kier alpha value is -0.430. The number of rotatable bonds is 2. The predicted octanol–water partition coefficient (Wildman–Crippen LogP) is 1.31. The first-order valence-electron chi connectivity index (χ1n) is 5.06. The number of nitrogens with zero attached hydrogens (tertiary/aromatic N) is 1. The van der Waals surface area contributed by atoms with E-state index in [0.717, 1.165) is 9.35 Å². The third kappa shape index (κ3) is 2.45. The molecule has 1 fully saturated rings. The Bertz CT molecular complexity index is 383. The Morgan fingerprint density at radius 1 is 1.75 bits per heavy atom. The summed E-state index contributed by atoms with van der Waals surface area (Å²) in [7, 11) is 0. The summed E-state index contributed by atoms with van der Waals surface area (Å²) in [4.78, 5) is 14.7. The molecule has 0 spiro atoms. The monoisotopic (exact) mass is 304 g/mol. The van der Waals surface area contributed by atoms with Crippen molar-refractivity contribution in [3.8, 4) is 0 Å². The molecule has 1 saturated heterocycles. The number of hydrogen-bond donors (Lipinski definition) is 1. The van der Waals surface area contributed by atoms with Crippen LogP contribution in [0.3, 0.4) is 0 Å². The minimum atomic E-state index is -0.0311. The number of morpholine rings is 1. The van der Waals surface area contributed by atoms with Crippen LogP contribution in [0.1, 0.15) is 9.67 Å². The highest BCUT2D eigenvalue weighted by Crippen LogP contribution is 2.24. The maximum Gasteiger partial charge on any atom is 0.265 e. The summed E-state index contributed by atoms with van der Waals surface area (Å²) in [5.74, 6) is 0.0589. The number of amides is 1. The molecule has 0 aromatic carbocycles. The Morgan fingerprint density at radius 3 is 3.19 bits per heavy atom. The minimum Gasteiger partial charge on any atom is -0.373 e. The second-order valence-corrected chi connectivity index (χ2v) is 5.35. The first kappa shape index (κ1) is 12.0. The molecule has 88 valence electrons. The van der Waals surface area contributed by atoms with Crippen LogP contribution >= 0.6 is 27.3 Å². The highest BCUT2D eigenvalue weighted by Gasteiger charge is 2.25. The molecule has 2 rings (SSSR count). The van der Waals surface area contributed by atoms with Crippen LogP contribution in [-0.2, 0) is 4.74 Å². The van der Waals surface area contributed by atoms with Gasteiger partial charge in [-0.2, -0.15) is 0 Å². The van der Waals surface area contributed by atoms with Gasteiger partial charge < -0.3 is 15.4 Å². The van der Waals surface area contributed by atoms with Gasteiger partial charge in [0, 0.05) is 24.1 Å². The van der Waals surface area contributed by atoms with E-state index in [1.165, 1.54) is 11.3 Å². The van der Waals surface area contributed by atoms with Crippen LogP contribution in [0.25, 0.3) is 0 Å². The SMILES string of the molecule is NCC1CN(C(=O)c2sccc2Br)CCO1. The second kappa shape index (κ2) is 5.27. The molecular weight excluding hydrogens is 292 g/mol. The van der Waals surface area contributed by atoms with Gasteiger partial charge in [-0.15, -0.1) is 11.3 Å². The van der Waals surface area contributed by atoms with Crippen molar-refractivity contribution in [2.45, 2.75) is 6.10 Å². The molecule has 1 aromatic heterocycles. The first-order valence-corrected chi connectivity index (χ1v) is 6.73. The molecule has 1 atom stereocenters. The van der Waals surface area contributed by atoms with E-state index in [1.807, 2.05) is 11.4 Å². The van der Waals surface area contributed by atoms with Crippen LogP contribution in [0.2, 0.25) is 0 Å². The van der Waals surface area contributed by atoms with Gasteiger partial charge >= 0.3 is 0 Å². The van der Waals surface area contributed by atoms with Gasteiger partial charge in [0.1, 0.15) is 4.88 Å². The van der Waals surface area contributed by atoms with E-state index in [1.54, 1.807) is 4.90 Å². The van der Waals surface area contributed by atoms with Crippen LogP contribution < -0.4 is 5.73 Å². The number of halogens is 1. The highest BCUT2D eigenvalue weighted by atomic mass is 79.9. The van der Waals surface area contributed by atoms with E-state index in [4.69, 9.17) is 10.5 Å². The van der Waals surface area contributed by atoms with Crippen molar-refractivity contribution in [2.24, 2.45) is 5.73 Å². The molecule has 0 saturated carbocycles. The molecule has 1 unspecified atom stereocenters. The van der Waals surface area contributed by atoms with Crippen molar-refractivity contribution in [3.05, 3.63) is 20.8 Å². The molecule has 16 heavy (non-hydrogen) atoms. The third-order valence-electron chi connectivity index (χ3n) is 2.50. The summed E-state index contributed by atoms with van der Waals surface area (Å²) < 4.78 is 6.29. The Labute approximate surface area is 106 Å². The van der Waals surface area contributed by atoms with E-state index in [9.17, 15) is 4.79 Å². The summed E-state index contributed by atoms with van der Waals surface area (Å²) in [6, 6.07) is 1.89. The van der Waals surface area contributed by atoms with Crippen LogP contribution in [0.4, 0.5) is 0 Å². The zero-order chi connectivity index (χ0) is 11.5. The number of hydrogen-bond acceptors (Lipinski definition) is 4. The number of carbonyl (C=O) groups is 1. The fourth-order valence-corrected chi connectivity index (χ4v) is 3.14. The molecular formula is C10H13BrN2O2S. The maximum atomic E-state index is 12.2. The Kier molecular flexibility index (Phi) is 3.96. The van der Waals surface area contributed by atoms with Gasteiger partial charge in [0.05, 0.1) is 12.7 Å². The lowest BCUT2D eigenvalue weighted by Gasteiger charge is -2.32. The Morgan fingerprint density at radius 2 is 2.56 bits per heavy atom.